The fraction of sp³-hybridized carbons (Fsp3) is 0.222. The summed E-state index contributed by atoms with van der Waals surface area (Å²) in [5.74, 6) is 1.71. The minimum atomic E-state index is -0.0582. The number of aromatic nitrogens is 3. The number of ether oxygens (including phenoxy) is 1. The molecule has 2 aromatic heterocycles. The van der Waals surface area contributed by atoms with Gasteiger partial charge in [-0.3, -0.25) is 9.78 Å². The maximum absolute atomic E-state index is 12.0. The second-order valence-corrected chi connectivity index (χ2v) is 5.38. The molecule has 0 fully saturated rings. The van der Waals surface area contributed by atoms with Crippen molar-refractivity contribution in [3.05, 3.63) is 54.7 Å². The number of nitrogens with zero attached hydrogens (tertiary/aromatic N) is 3. The van der Waals surface area contributed by atoms with Gasteiger partial charge >= 0.3 is 0 Å². The molecule has 7 nitrogen and oxygen atoms in total. The summed E-state index contributed by atoms with van der Waals surface area (Å²) in [6, 6.07) is 10.9. The largest absolute Gasteiger partial charge is 0.497 e. The zero-order valence-corrected chi connectivity index (χ0v) is 13.8. The number of pyridine rings is 1. The van der Waals surface area contributed by atoms with Gasteiger partial charge < -0.3 is 14.6 Å². The van der Waals surface area contributed by atoms with Crippen molar-refractivity contribution in [3.63, 3.8) is 0 Å². The molecule has 1 amide bonds. The van der Waals surface area contributed by atoms with E-state index in [9.17, 15) is 4.79 Å². The number of amides is 1. The molecule has 0 aliphatic carbocycles. The molecule has 0 spiro atoms. The second-order valence-electron chi connectivity index (χ2n) is 5.38. The van der Waals surface area contributed by atoms with E-state index in [1.807, 2.05) is 12.1 Å². The molecule has 0 atom stereocenters. The predicted molar refractivity (Wildman–Crippen MR) is 92.1 cm³/mol. The molecule has 0 saturated carbocycles. The summed E-state index contributed by atoms with van der Waals surface area (Å²) in [6.07, 6.45) is 4.90. The lowest BCUT2D eigenvalue weighted by Crippen LogP contribution is -2.11. The van der Waals surface area contributed by atoms with E-state index in [1.54, 1.807) is 43.8 Å². The van der Waals surface area contributed by atoms with Crippen LogP contribution in [-0.2, 0) is 11.2 Å². The minimum absolute atomic E-state index is 0.0582. The molecule has 0 aliphatic heterocycles. The normalized spacial score (nSPS) is 10.4. The minimum Gasteiger partial charge on any atom is -0.497 e. The Morgan fingerprint density at radius 2 is 2.08 bits per heavy atom. The smallest absolute Gasteiger partial charge is 0.226 e. The van der Waals surface area contributed by atoms with E-state index in [2.05, 4.69) is 20.4 Å². The third-order valence-corrected chi connectivity index (χ3v) is 3.56. The van der Waals surface area contributed by atoms with E-state index in [-0.39, 0.29) is 5.91 Å². The lowest BCUT2D eigenvalue weighted by molar-refractivity contribution is -0.116. The number of rotatable bonds is 7. The Morgan fingerprint density at radius 1 is 1.24 bits per heavy atom. The number of methoxy groups -OCH3 is 1. The summed E-state index contributed by atoms with van der Waals surface area (Å²) < 4.78 is 10.3. The number of carbonyl (C=O) groups is 1. The van der Waals surface area contributed by atoms with Crippen LogP contribution in [0, 0.1) is 0 Å². The van der Waals surface area contributed by atoms with Gasteiger partial charge in [0, 0.05) is 36.5 Å². The first-order chi connectivity index (χ1) is 12.2. The molecule has 3 aromatic rings. The van der Waals surface area contributed by atoms with Gasteiger partial charge in [0.1, 0.15) is 5.75 Å². The molecule has 7 heteroatoms. The molecule has 0 radical (unpaired) electrons. The van der Waals surface area contributed by atoms with E-state index in [0.29, 0.717) is 31.0 Å². The van der Waals surface area contributed by atoms with Crippen LogP contribution >= 0.6 is 0 Å². The first kappa shape index (κ1) is 16.6. The third-order valence-electron chi connectivity index (χ3n) is 3.56. The predicted octanol–water partition coefficient (Wildman–Crippen LogP) is 3.10. The number of carbonyl (C=O) groups excluding carboxylic acids is 1. The number of benzene rings is 1. The summed E-state index contributed by atoms with van der Waals surface area (Å²) in [5, 5.41) is 6.77. The molecular weight excluding hydrogens is 320 g/mol. The van der Waals surface area contributed by atoms with Crippen LogP contribution in [0.5, 0.6) is 5.75 Å². The van der Waals surface area contributed by atoms with Gasteiger partial charge in [-0.15, -0.1) is 0 Å². The SMILES string of the molecule is COc1ccc(NC(=O)CCCc2nc(-c3cccnc3)no2)cc1. The van der Waals surface area contributed by atoms with Gasteiger partial charge in [-0.2, -0.15) is 4.98 Å². The topological polar surface area (TPSA) is 90.1 Å². The molecule has 3 rings (SSSR count). The van der Waals surface area contributed by atoms with Gasteiger partial charge in [-0.1, -0.05) is 5.16 Å². The highest BCUT2D eigenvalue weighted by atomic mass is 16.5. The zero-order chi connectivity index (χ0) is 17.5. The number of hydrogen-bond acceptors (Lipinski definition) is 6. The van der Waals surface area contributed by atoms with Crippen LogP contribution in [-0.4, -0.2) is 28.1 Å². The monoisotopic (exact) mass is 338 g/mol. The second kappa shape index (κ2) is 8.05. The number of aryl methyl sites for hydroxylation is 1. The van der Waals surface area contributed by atoms with E-state index in [4.69, 9.17) is 9.26 Å². The Bertz CT molecular complexity index is 816. The van der Waals surface area contributed by atoms with Crippen molar-refractivity contribution >= 4 is 11.6 Å². The van der Waals surface area contributed by atoms with Crippen molar-refractivity contribution < 1.29 is 14.1 Å². The molecule has 0 unspecified atom stereocenters. The molecule has 0 saturated heterocycles. The maximum Gasteiger partial charge on any atom is 0.226 e. The van der Waals surface area contributed by atoms with Crippen LogP contribution in [0.2, 0.25) is 0 Å². The first-order valence-corrected chi connectivity index (χ1v) is 7.91. The summed E-state index contributed by atoms with van der Waals surface area (Å²) in [6.45, 7) is 0. The van der Waals surface area contributed by atoms with E-state index < -0.39 is 0 Å². The number of anilines is 1. The molecule has 0 aliphatic rings. The van der Waals surface area contributed by atoms with Crippen LogP contribution in [0.15, 0.2) is 53.3 Å². The lowest BCUT2D eigenvalue weighted by Gasteiger charge is -2.05. The Morgan fingerprint density at radius 3 is 2.80 bits per heavy atom. The molecule has 1 aromatic carbocycles. The number of nitrogens with one attached hydrogen (secondary N) is 1. The van der Waals surface area contributed by atoms with Gasteiger partial charge in [0.15, 0.2) is 0 Å². The van der Waals surface area contributed by atoms with Crippen LogP contribution in [0.25, 0.3) is 11.4 Å². The van der Waals surface area contributed by atoms with E-state index >= 15 is 0 Å². The highest BCUT2D eigenvalue weighted by Gasteiger charge is 2.09. The fourth-order valence-corrected chi connectivity index (χ4v) is 2.27. The van der Waals surface area contributed by atoms with Crippen molar-refractivity contribution in [1.82, 2.24) is 15.1 Å². The van der Waals surface area contributed by atoms with Gasteiger partial charge in [-0.25, -0.2) is 0 Å². The van der Waals surface area contributed by atoms with Gasteiger partial charge in [0.05, 0.1) is 7.11 Å². The van der Waals surface area contributed by atoms with Crippen molar-refractivity contribution in [3.8, 4) is 17.1 Å². The van der Waals surface area contributed by atoms with Crippen LogP contribution in [0.3, 0.4) is 0 Å². The third kappa shape index (κ3) is 4.63. The lowest BCUT2D eigenvalue weighted by atomic mass is 10.2. The highest BCUT2D eigenvalue weighted by Crippen LogP contribution is 2.16. The molecule has 2 heterocycles. The van der Waals surface area contributed by atoms with Crippen molar-refractivity contribution in [2.24, 2.45) is 0 Å². The van der Waals surface area contributed by atoms with Crippen LogP contribution < -0.4 is 10.1 Å². The van der Waals surface area contributed by atoms with Gasteiger partial charge in [-0.05, 0) is 42.8 Å². The summed E-state index contributed by atoms with van der Waals surface area (Å²) in [4.78, 5) is 20.3. The van der Waals surface area contributed by atoms with Crippen molar-refractivity contribution in [1.29, 1.82) is 0 Å². The molecule has 128 valence electrons. The van der Waals surface area contributed by atoms with Crippen LogP contribution in [0.1, 0.15) is 18.7 Å². The Kier molecular flexibility index (Phi) is 5.36. The first-order valence-electron chi connectivity index (χ1n) is 7.91. The Labute approximate surface area is 145 Å². The molecule has 1 N–H and O–H groups in total. The Hall–Kier alpha value is -3.22. The summed E-state index contributed by atoms with van der Waals surface area (Å²) in [7, 11) is 1.60. The molecular formula is C18H18N4O3. The van der Waals surface area contributed by atoms with Gasteiger partial charge in [0.2, 0.25) is 17.6 Å². The van der Waals surface area contributed by atoms with Gasteiger partial charge in [0.25, 0.3) is 0 Å². The zero-order valence-electron chi connectivity index (χ0n) is 13.8. The van der Waals surface area contributed by atoms with Crippen molar-refractivity contribution in [2.75, 3.05) is 12.4 Å². The maximum atomic E-state index is 12.0. The molecule has 25 heavy (non-hydrogen) atoms. The van der Waals surface area contributed by atoms with E-state index in [1.165, 1.54) is 0 Å². The number of hydrogen-bond donors (Lipinski definition) is 1. The standard InChI is InChI=1S/C18H18N4O3/c1-24-15-9-7-14(8-10-15)20-16(23)5-2-6-17-21-18(22-25-17)13-4-3-11-19-12-13/h3-4,7-12H,2,5-6H2,1H3,(H,20,23). The van der Waals surface area contributed by atoms with Crippen molar-refractivity contribution in [2.45, 2.75) is 19.3 Å². The quantitative estimate of drug-likeness (QED) is 0.712. The van der Waals surface area contributed by atoms with Crippen LogP contribution in [0.4, 0.5) is 5.69 Å². The fourth-order valence-electron chi connectivity index (χ4n) is 2.27. The average molecular weight is 338 g/mol. The summed E-state index contributed by atoms with van der Waals surface area (Å²) in [5.41, 5.74) is 1.54. The highest BCUT2D eigenvalue weighted by molar-refractivity contribution is 5.90. The molecule has 0 bridgehead atoms. The van der Waals surface area contributed by atoms with E-state index in [0.717, 1.165) is 17.0 Å². The summed E-state index contributed by atoms with van der Waals surface area (Å²) >= 11 is 0. The average Bonchev–Trinajstić information content (AvgIpc) is 3.12. The Balaban J connectivity index is 1.46.